The summed E-state index contributed by atoms with van der Waals surface area (Å²) < 4.78 is 0. The van der Waals surface area contributed by atoms with E-state index in [1.54, 1.807) is 4.90 Å². The van der Waals surface area contributed by atoms with Crippen LogP contribution in [0.3, 0.4) is 0 Å². The zero-order valence-corrected chi connectivity index (χ0v) is 11.6. The quantitative estimate of drug-likeness (QED) is 0.641. The minimum Gasteiger partial charge on any atom is -0.399 e. The van der Waals surface area contributed by atoms with Crippen molar-refractivity contribution in [2.24, 2.45) is 0 Å². The lowest BCUT2D eigenvalue weighted by molar-refractivity contribution is -0.135. The van der Waals surface area contributed by atoms with Crippen molar-refractivity contribution in [3.63, 3.8) is 0 Å². The number of aryl methyl sites for hydroxylation is 1. The first-order chi connectivity index (χ1) is 9.69. The first-order valence-electron chi connectivity index (χ1n) is 7.00. The summed E-state index contributed by atoms with van der Waals surface area (Å²) in [6.07, 6.45) is 3.10. The van der Waals surface area contributed by atoms with E-state index < -0.39 is 0 Å². The summed E-state index contributed by atoms with van der Waals surface area (Å²) in [7, 11) is 0. The van der Waals surface area contributed by atoms with Gasteiger partial charge in [0.15, 0.2) is 0 Å². The van der Waals surface area contributed by atoms with Gasteiger partial charge in [-0.25, -0.2) is 0 Å². The van der Waals surface area contributed by atoms with E-state index in [0.29, 0.717) is 32.6 Å². The van der Waals surface area contributed by atoms with Crippen molar-refractivity contribution in [3.8, 4) is 0 Å². The predicted octanol–water partition coefficient (Wildman–Crippen LogP) is 0.892. The first kappa shape index (κ1) is 14.4. The highest BCUT2D eigenvalue weighted by molar-refractivity contribution is 5.76. The highest BCUT2D eigenvalue weighted by Gasteiger charge is 2.19. The maximum absolute atomic E-state index is 12.0. The van der Waals surface area contributed by atoms with Crippen LogP contribution in [0.4, 0.5) is 5.69 Å². The van der Waals surface area contributed by atoms with Crippen LogP contribution in [0.15, 0.2) is 24.3 Å². The fraction of sp³-hybridized carbons (Fsp3) is 0.467. The molecule has 1 fully saturated rings. The molecule has 1 aliphatic heterocycles. The Morgan fingerprint density at radius 3 is 2.65 bits per heavy atom. The van der Waals surface area contributed by atoms with Gasteiger partial charge in [0.25, 0.3) is 0 Å². The van der Waals surface area contributed by atoms with Crippen LogP contribution in [-0.2, 0) is 16.0 Å². The van der Waals surface area contributed by atoms with Crippen LogP contribution in [0.5, 0.6) is 0 Å². The molecule has 2 rings (SSSR count). The van der Waals surface area contributed by atoms with Gasteiger partial charge in [-0.2, -0.15) is 0 Å². The fourth-order valence-electron chi connectivity index (χ4n) is 2.43. The lowest BCUT2D eigenvalue weighted by atomic mass is 10.1. The highest BCUT2D eigenvalue weighted by atomic mass is 16.2. The minimum atomic E-state index is 0.180. The fourth-order valence-corrected chi connectivity index (χ4v) is 2.43. The second kappa shape index (κ2) is 6.93. The van der Waals surface area contributed by atoms with Gasteiger partial charge in [0.05, 0.1) is 0 Å². The maximum atomic E-state index is 12.0. The molecule has 20 heavy (non-hydrogen) atoms. The summed E-state index contributed by atoms with van der Waals surface area (Å²) in [4.78, 5) is 26.2. The molecule has 1 saturated heterocycles. The molecule has 1 aromatic rings. The van der Waals surface area contributed by atoms with Crippen LogP contribution in [-0.4, -0.2) is 48.3 Å². The molecule has 2 amide bonds. The van der Waals surface area contributed by atoms with Crippen LogP contribution >= 0.6 is 0 Å². The largest absolute Gasteiger partial charge is 0.399 e. The summed E-state index contributed by atoms with van der Waals surface area (Å²) in [5.41, 5.74) is 7.66. The Kier molecular flexibility index (Phi) is 4.98. The summed E-state index contributed by atoms with van der Waals surface area (Å²) in [6, 6.07) is 7.78. The number of nitrogen functional groups attached to an aromatic ring is 1. The van der Waals surface area contributed by atoms with Gasteiger partial charge in [0.2, 0.25) is 12.3 Å². The minimum absolute atomic E-state index is 0.180. The molecule has 0 saturated carbocycles. The molecule has 0 aromatic heterocycles. The molecule has 0 unspecified atom stereocenters. The number of piperazine rings is 1. The van der Waals surface area contributed by atoms with Crippen LogP contribution in [0.1, 0.15) is 18.4 Å². The number of benzene rings is 1. The van der Waals surface area contributed by atoms with Gasteiger partial charge in [-0.05, 0) is 30.5 Å². The molecule has 0 radical (unpaired) electrons. The molecular formula is C15H21N3O2. The molecule has 1 aliphatic rings. The Balaban J connectivity index is 1.71. The maximum Gasteiger partial charge on any atom is 0.222 e. The molecule has 0 atom stereocenters. The number of nitrogens with two attached hydrogens (primary N) is 1. The van der Waals surface area contributed by atoms with Gasteiger partial charge >= 0.3 is 0 Å². The summed E-state index contributed by atoms with van der Waals surface area (Å²) >= 11 is 0. The van der Waals surface area contributed by atoms with Crippen molar-refractivity contribution in [2.75, 3.05) is 31.9 Å². The first-order valence-corrected chi connectivity index (χ1v) is 7.00. The van der Waals surface area contributed by atoms with Gasteiger partial charge in [-0.3, -0.25) is 9.59 Å². The molecule has 0 aliphatic carbocycles. The monoisotopic (exact) mass is 275 g/mol. The zero-order chi connectivity index (χ0) is 14.4. The molecule has 0 spiro atoms. The van der Waals surface area contributed by atoms with Crippen molar-refractivity contribution < 1.29 is 9.59 Å². The van der Waals surface area contributed by atoms with Crippen LogP contribution in [0.2, 0.25) is 0 Å². The smallest absolute Gasteiger partial charge is 0.222 e. The Labute approximate surface area is 119 Å². The van der Waals surface area contributed by atoms with Crippen LogP contribution in [0.25, 0.3) is 0 Å². The van der Waals surface area contributed by atoms with Crippen molar-refractivity contribution in [2.45, 2.75) is 19.3 Å². The molecule has 5 nitrogen and oxygen atoms in total. The Morgan fingerprint density at radius 1 is 1.25 bits per heavy atom. The number of carbonyl (C=O) groups excluding carboxylic acids is 2. The van der Waals surface area contributed by atoms with Crippen molar-refractivity contribution in [3.05, 3.63) is 29.8 Å². The third kappa shape index (κ3) is 3.98. The lowest BCUT2D eigenvalue weighted by Gasteiger charge is -2.32. The van der Waals surface area contributed by atoms with E-state index in [1.807, 2.05) is 29.2 Å². The summed E-state index contributed by atoms with van der Waals surface area (Å²) in [5.74, 6) is 0.180. The van der Waals surface area contributed by atoms with E-state index in [2.05, 4.69) is 0 Å². The Morgan fingerprint density at radius 2 is 2.00 bits per heavy atom. The molecule has 1 heterocycles. The van der Waals surface area contributed by atoms with Gasteiger partial charge in [-0.1, -0.05) is 12.1 Å². The Bertz CT molecular complexity index is 468. The van der Waals surface area contributed by atoms with Gasteiger partial charge in [0, 0.05) is 38.3 Å². The molecule has 1 aromatic carbocycles. The van der Waals surface area contributed by atoms with Crippen molar-refractivity contribution in [1.29, 1.82) is 0 Å². The average Bonchev–Trinajstić information content (AvgIpc) is 2.47. The standard InChI is InChI=1S/C15H21N3O2/c16-14-5-1-3-13(11-14)4-2-6-15(20)18-9-7-17(12-19)8-10-18/h1,3,5,11-12H,2,4,6-10,16H2. The van der Waals surface area contributed by atoms with E-state index in [-0.39, 0.29) is 5.91 Å². The van der Waals surface area contributed by atoms with Crippen molar-refractivity contribution >= 4 is 18.0 Å². The number of carbonyl (C=O) groups is 2. The number of rotatable bonds is 5. The number of anilines is 1. The Hall–Kier alpha value is -2.04. The van der Waals surface area contributed by atoms with E-state index >= 15 is 0 Å². The molecule has 108 valence electrons. The molecule has 2 N–H and O–H groups in total. The molecule has 5 heteroatoms. The van der Waals surface area contributed by atoms with E-state index in [1.165, 1.54) is 5.56 Å². The molecule has 0 bridgehead atoms. The topological polar surface area (TPSA) is 66.6 Å². The van der Waals surface area contributed by atoms with E-state index in [9.17, 15) is 9.59 Å². The predicted molar refractivity (Wildman–Crippen MR) is 78.0 cm³/mol. The zero-order valence-electron chi connectivity index (χ0n) is 11.6. The number of nitrogens with zero attached hydrogens (tertiary/aromatic N) is 2. The second-order valence-corrected chi connectivity index (χ2v) is 5.12. The second-order valence-electron chi connectivity index (χ2n) is 5.12. The number of amides is 2. The van der Waals surface area contributed by atoms with E-state index in [4.69, 9.17) is 5.73 Å². The normalized spacial score (nSPS) is 15.2. The van der Waals surface area contributed by atoms with Gasteiger partial charge in [0.1, 0.15) is 0 Å². The van der Waals surface area contributed by atoms with Crippen LogP contribution in [0, 0.1) is 0 Å². The number of hydrogen-bond acceptors (Lipinski definition) is 3. The van der Waals surface area contributed by atoms with Gasteiger partial charge in [-0.15, -0.1) is 0 Å². The summed E-state index contributed by atoms with van der Waals surface area (Å²) in [5, 5.41) is 0. The van der Waals surface area contributed by atoms with Gasteiger partial charge < -0.3 is 15.5 Å². The third-order valence-electron chi connectivity index (χ3n) is 3.62. The lowest BCUT2D eigenvalue weighted by Crippen LogP contribution is -2.48. The average molecular weight is 275 g/mol. The van der Waals surface area contributed by atoms with E-state index in [0.717, 1.165) is 24.9 Å². The SMILES string of the molecule is Nc1cccc(CCCC(=O)N2CCN(C=O)CC2)c1. The van der Waals surface area contributed by atoms with Crippen LogP contribution < -0.4 is 5.73 Å². The highest BCUT2D eigenvalue weighted by Crippen LogP contribution is 2.11. The third-order valence-corrected chi connectivity index (χ3v) is 3.62. The molecular weight excluding hydrogens is 254 g/mol. The van der Waals surface area contributed by atoms with Crippen molar-refractivity contribution in [1.82, 2.24) is 9.80 Å². The number of hydrogen-bond donors (Lipinski definition) is 1. The summed E-state index contributed by atoms with van der Waals surface area (Å²) in [6.45, 7) is 2.58.